The van der Waals surface area contributed by atoms with Crippen molar-refractivity contribution in [2.75, 3.05) is 0 Å². The van der Waals surface area contributed by atoms with E-state index in [2.05, 4.69) is 4.98 Å². The first-order chi connectivity index (χ1) is 8.66. The molecular weight excluding hydrogens is 270 g/mol. The molecule has 0 aliphatic carbocycles. The molecule has 2 rings (SSSR count). The van der Waals surface area contributed by atoms with E-state index in [9.17, 15) is 10.1 Å². The van der Waals surface area contributed by atoms with Gasteiger partial charge in [0, 0.05) is 11.7 Å². The molecule has 1 aliphatic heterocycles. The third-order valence-corrected chi connectivity index (χ3v) is 4.00. The normalized spacial score (nSPS) is 20.6. The van der Waals surface area contributed by atoms with E-state index in [1.807, 2.05) is 27.7 Å². The molecule has 0 N–H and O–H groups in total. The molecule has 0 radical (unpaired) electrons. The van der Waals surface area contributed by atoms with Crippen molar-refractivity contribution in [2.24, 2.45) is 0 Å². The number of aromatic nitrogens is 1. The van der Waals surface area contributed by atoms with Gasteiger partial charge in [-0.25, -0.2) is 0 Å². The van der Waals surface area contributed by atoms with Crippen LogP contribution in [0.5, 0.6) is 0 Å². The largest absolute Gasteiger partial charge is 0.498 e. The maximum atomic E-state index is 10.8. The van der Waals surface area contributed by atoms with E-state index in [1.54, 1.807) is 0 Å². The van der Waals surface area contributed by atoms with Crippen molar-refractivity contribution in [1.29, 1.82) is 0 Å². The van der Waals surface area contributed by atoms with Gasteiger partial charge in [-0.3, -0.25) is 15.1 Å². The summed E-state index contributed by atoms with van der Waals surface area (Å²) in [7, 11) is -0.759. The number of pyridine rings is 1. The number of nitrogens with zero attached hydrogens (tertiary/aromatic N) is 2. The molecule has 1 aromatic heterocycles. The van der Waals surface area contributed by atoms with Crippen LogP contribution in [0.3, 0.4) is 0 Å². The highest BCUT2D eigenvalue weighted by atomic mass is 35.5. The van der Waals surface area contributed by atoms with Crippen molar-refractivity contribution in [3.05, 3.63) is 27.5 Å². The van der Waals surface area contributed by atoms with E-state index in [0.717, 1.165) is 6.20 Å². The van der Waals surface area contributed by atoms with E-state index >= 15 is 0 Å². The van der Waals surface area contributed by atoms with E-state index in [0.29, 0.717) is 5.46 Å². The van der Waals surface area contributed by atoms with Crippen molar-refractivity contribution in [2.45, 2.75) is 38.9 Å². The summed E-state index contributed by atoms with van der Waals surface area (Å²) < 4.78 is 11.6. The fraction of sp³-hybridized carbons (Fsp3) is 0.545. The number of rotatable bonds is 2. The molecule has 19 heavy (non-hydrogen) atoms. The first-order valence-electron chi connectivity index (χ1n) is 5.79. The monoisotopic (exact) mass is 284 g/mol. The van der Waals surface area contributed by atoms with Gasteiger partial charge in [0.2, 0.25) is 0 Å². The zero-order valence-electron chi connectivity index (χ0n) is 11.1. The molecular formula is C11H14BClN2O4. The molecule has 1 fully saturated rings. The van der Waals surface area contributed by atoms with Gasteiger partial charge in [0.15, 0.2) is 0 Å². The Balaban J connectivity index is 2.40. The molecule has 8 heteroatoms. The van der Waals surface area contributed by atoms with Gasteiger partial charge in [0.25, 0.3) is 0 Å². The fourth-order valence-corrected chi connectivity index (χ4v) is 1.97. The molecule has 0 atom stereocenters. The first kappa shape index (κ1) is 14.2. The van der Waals surface area contributed by atoms with Crippen molar-refractivity contribution in [3.63, 3.8) is 0 Å². The maximum absolute atomic E-state index is 10.8. The molecule has 2 heterocycles. The minimum absolute atomic E-state index is 0.00139. The third kappa shape index (κ3) is 2.33. The second kappa shape index (κ2) is 4.43. The second-order valence-electron chi connectivity index (χ2n) is 5.41. The lowest BCUT2D eigenvalue weighted by atomic mass is 9.80. The van der Waals surface area contributed by atoms with Gasteiger partial charge in [-0.1, -0.05) is 11.6 Å². The van der Waals surface area contributed by atoms with Crippen LogP contribution >= 0.6 is 11.6 Å². The van der Waals surface area contributed by atoms with Crippen LogP contribution in [0.15, 0.2) is 12.4 Å². The Hall–Kier alpha value is -1.18. The number of hydrogen-bond donors (Lipinski definition) is 0. The quantitative estimate of drug-likeness (QED) is 0.471. The highest BCUT2D eigenvalue weighted by Crippen LogP contribution is 2.37. The van der Waals surface area contributed by atoms with Crippen molar-refractivity contribution < 1.29 is 14.2 Å². The second-order valence-corrected chi connectivity index (χ2v) is 5.79. The standard InChI is InChI=1S/C11H14BClN2O4/c1-10(2)11(3,4)19-12(18-10)7-5-14-6-8(9(7)13)15(16)17/h5-6H,1-4H3. The molecule has 0 bridgehead atoms. The molecule has 1 saturated heterocycles. The zero-order chi connectivity index (χ0) is 14.4. The predicted molar refractivity (Wildman–Crippen MR) is 71.6 cm³/mol. The van der Waals surface area contributed by atoms with Gasteiger partial charge < -0.3 is 9.31 Å². The fourth-order valence-electron chi connectivity index (χ4n) is 1.71. The van der Waals surface area contributed by atoms with E-state index in [-0.39, 0.29) is 10.7 Å². The van der Waals surface area contributed by atoms with Gasteiger partial charge in [-0.15, -0.1) is 0 Å². The van der Waals surface area contributed by atoms with Gasteiger partial charge in [0.05, 0.1) is 16.1 Å². The summed E-state index contributed by atoms with van der Waals surface area (Å²) in [4.78, 5) is 14.1. The molecule has 0 aromatic carbocycles. The van der Waals surface area contributed by atoms with Crippen LogP contribution in [-0.2, 0) is 9.31 Å². The molecule has 1 aliphatic rings. The van der Waals surface area contributed by atoms with Crippen molar-refractivity contribution >= 4 is 29.9 Å². The van der Waals surface area contributed by atoms with Crippen LogP contribution in [0.25, 0.3) is 0 Å². The van der Waals surface area contributed by atoms with Crippen LogP contribution < -0.4 is 5.46 Å². The van der Waals surface area contributed by atoms with E-state index in [4.69, 9.17) is 20.9 Å². The Kier molecular flexibility index (Phi) is 3.32. The summed E-state index contributed by atoms with van der Waals surface area (Å²) in [6, 6.07) is 0. The minimum Gasteiger partial charge on any atom is -0.399 e. The van der Waals surface area contributed by atoms with Gasteiger partial charge in [0.1, 0.15) is 11.2 Å². The van der Waals surface area contributed by atoms with Crippen molar-refractivity contribution in [1.82, 2.24) is 4.98 Å². The van der Waals surface area contributed by atoms with Crippen LogP contribution in [0, 0.1) is 10.1 Å². The van der Waals surface area contributed by atoms with Gasteiger partial charge >= 0.3 is 12.8 Å². The summed E-state index contributed by atoms with van der Waals surface area (Å²) in [5.74, 6) is 0. The predicted octanol–water partition coefficient (Wildman–Crippen LogP) is 1.94. The lowest BCUT2D eigenvalue weighted by Gasteiger charge is -2.32. The maximum Gasteiger partial charge on any atom is 0.498 e. The summed E-state index contributed by atoms with van der Waals surface area (Å²) in [6.45, 7) is 7.58. The first-order valence-corrected chi connectivity index (χ1v) is 6.17. The van der Waals surface area contributed by atoms with E-state index in [1.165, 1.54) is 6.20 Å². The number of halogens is 1. The molecule has 0 amide bonds. The summed E-state index contributed by atoms with van der Waals surface area (Å²) >= 11 is 6.03. The average molecular weight is 285 g/mol. The minimum atomic E-state index is -0.759. The Morgan fingerprint density at radius 3 is 2.26 bits per heavy atom. The van der Waals surface area contributed by atoms with Gasteiger partial charge in [-0.05, 0) is 27.7 Å². The SMILES string of the molecule is CC1(C)OB(c2cncc([N+](=O)[O-])c2Cl)OC1(C)C. The Labute approximate surface area is 116 Å². The molecule has 0 unspecified atom stereocenters. The van der Waals surface area contributed by atoms with Gasteiger partial charge in [-0.2, -0.15) is 0 Å². The Morgan fingerprint density at radius 2 is 1.79 bits per heavy atom. The molecule has 0 spiro atoms. The number of nitro groups is 1. The van der Waals surface area contributed by atoms with Crippen LogP contribution in [-0.4, -0.2) is 28.2 Å². The summed E-state index contributed by atoms with van der Waals surface area (Å²) in [6.07, 6.45) is 2.54. The number of hydrogen-bond acceptors (Lipinski definition) is 5. The highest BCUT2D eigenvalue weighted by Gasteiger charge is 2.52. The third-order valence-electron chi connectivity index (χ3n) is 3.59. The van der Waals surface area contributed by atoms with E-state index < -0.39 is 23.2 Å². The lowest BCUT2D eigenvalue weighted by Crippen LogP contribution is -2.41. The highest BCUT2D eigenvalue weighted by molar-refractivity contribution is 6.66. The van der Waals surface area contributed by atoms with Crippen LogP contribution in [0.1, 0.15) is 27.7 Å². The van der Waals surface area contributed by atoms with Crippen LogP contribution in [0.2, 0.25) is 5.02 Å². The molecule has 1 aromatic rings. The summed E-state index contributed by atoms with van der Waals surface area (Å²) in [5, 5.41) is 10.8. The molecule has 6 nitrogen and oxygen atoms in total. The summed E-state index contributed by atoms with van der Waals surface area (Å²) in [5.41, 5.74) is -0.958. The lowest BCUT2D eigenvalue weighted by molar-refractivity contribution is -0.385. The van der Waals surface area contributed by atoms with Crippen molar-refractivity contribution in [3.8, 4) is 0 Å². The van der Waals surface area contributed by atoms with Crippen LogP contribution in [0.4, 0.5) is 5.69 Å². The Bertz CT molecular complexity index is 519. The zero-order valence-corrected chi connectivity index (χ0v) is 11.9. The Morgan fingerprint density at radius 1 is 1.26 bits per heavy atom. The molecule has 102 valence electrons. The average Bonchev–Trinajstić information content (AvgIpc) is 2.47. The molecule has 0 saturated carbocycles. The topological polar surface area (TPSA) is 74.5 Å². The smallest absolute Gasteiger partial charge is 0.399 e.